The van der Waals surface area contributed by atoms with Gasteiger partial charge in [0.2, 0.25) is 0 Å². The zero-order valence-corrected chi connectivity index (χ0v) is 4.70. The number of aldehydes is 1. The van der Waals surface area contributed by atoms with Crippen molar-refractivity contribution in [3.8, 4) is 0 Å². The molecule has 0 aromatic heterocycles. The summed E-state index contributed by atoms with van der Waals surface area (Å²) in [5, 5.41) is 8.93. The molecule has 0 spiro atoms. The smallest absolute Gasteiger partial charge is 0.285 e. The molecule has 9 heavy (non-hydrogen) atoms. The molecular formula is C6H6O3. The maximum atomic E-state index is 10.0. The topological polar surface area (TPSA) is 46.5 Å². The van der Waals surface area contributed by atoms with Crippen LogP contribution in [0, 0.1) is 0 Å². The molecule has 3 nitrogen and oxygen atoms in total. The van der Waals surface area contributed by atoms with Gasteiger partial charge >= 0.3 is 0 Å². The summed E-state index contributed by atoms with van der Waals surface area (Å²) in [7, 11) is 0. The lowest BCUT2D eigenvalue weighted by Crippen LogP contribution is -2.27. The van der Waals surface area contributed by atoms with E-state index in [-0.39, 0.29) is 0 Å². The van der Waals surface area contributed by atoms with Gasteiger partial charge in [0.05, 0.1) is 0 Å². The molecule has 0 fully saturated rings. The van der Waals surface area contributed by atoms with Crippen molar-refractivity contribution in [2.45, 2.75) is 5.79 Å². The van der Waals surface area contributed by atoms with E-state index >= 15 is 0 Å². The monoisotopic (exact) mass is 126 g/mol. The summed E-state index contributed by atoms with van der Waals surface area (Å²) in [6, 6.07) is 0. The lowest BCUT2D eigenvalue weighted by atomic mass is 10.3. The van der Waals surface area contributed by atoms with E-state index in [0.717, 1.165) is 0 Å². The fourth-order valence-electron chi connectivity index (χ4n) is 0.554. The molecule has 0 aromatic rings. The molecule has 1 aliphatic heterocycles. The molecule has 0 aliphatic carbocycles. The van der Waals surface area contributed by atoms with Crippen LogP contribution >= 0.6 is 0 Å². The van der Waals surface area contributed by atoms with Crippen LogP contribution in [0.15, 0.2) is 24.5 Å². The van der Waals surface area contributed by atoms with Crippen molar-refractivity contribution in [1.82, 2.24) is 0 Å². The number of ether oxygens (including phenoxy) is 1. The summed E-state index contributed by atoms with van der Waals surface area (Å²) in [5.74, 6) is -1.46. The van der Waals surface area contributed by atoms with Gasteiger partial charge in [0.25, 0.3) is 5.79 Å². The van der Waals surface area contributed by atoms with Crippen LogP contribution in [0.3, 0.4) is 0 Å². The first-order valence-corrected chi connectivity index (χ1v) is 2.42. The molecule has 0 bridgehead atoms. The second-order valence-electron chi connectivity index (χ2n) is 1.77. The Bertz CT molecular complexity index is 183. The van der Waals surface area contributed by atoms with Crippen LogP contribution in [0.1, 0.15) is 0 Å². The first kappa shape index (κ1) is 6.04. The Morgan fingerprint density at radius 1 is 1.89 bits per heavy atom. The first-order chi connectivity index (χ1) is 4.16. The fraction of sp³-hybridized carbons (Fsp3) is 0.167. The van der Waals surface area contributed by atoms with E-state index in [2.05, 4.69) is 11.3 Å². The summed E-state index contributed by atoms with van der Waals surface area (Å²) in [6.07, 6.45) is 2.98. The second kappa shape index (κ2) is 1.70. The van der Waals surface area contributed by atoms with Crippen molar-refractivity contribution >= 4 is 6.29 Å². The number of rotatable bonds is 1. The van der Waals surface area contributed by atoms with Gasteiger partial charge in [-0.15, -0.1) is 0 Å². The standard InChI is InChI=1S/C6H6O3/c1-5-2-3-6(8,4-7)9-5/h2-4,8H,1H2. The third-order valence-corrected chi connectivity index (χ3v) is 0.971. The molecular weight excluding hydrogens is 120 g/mol. The zero-order valence-electron chi connectivity index (χ0n) is 4.70. The van der Waals surface area contributed by atoms with Gasteiger partial charge in [-0.05, 0) is 12.2 Å². The number of hydrogen-bond donors (Lipinski definition) is 1. The molecule has 1 atom stereocenters. The predicted octanol–water partition coefficient (Wildman–Crippen LogP) is -0.0260. The second-order valence-corrected chi connectivity index (χ2v) is 1.77. The van der Waals surface area contributed by atoms with Crippen molar-refractivity contribution < 1.29 is 14.6 Å². The number of allylic oxidation sites excluding steroid dienone is 1. The summed E-state index contributed by atoms with van der Waals surface area (Å²) in [6.45, 7) is 3.37. The van der Waals surface area contributed by atoms with E-state index in [1.807, 2.05) is 0 Å². The Hall–Kier alpha value is -1.09. The molecule has 1 aliphatic rings. The van der Waals surface area contributed by atoms with Gasteiger partial charge < -0.3 is 9.84 Å². The van der Waals surface area contributed by atoms with E-state index in [0.29, 0.717) is 12.0 Å². The lowest BCUT2D eigenvalue weighted by Gasteiger charge is -2.11. The van der Waals surface area contributed by atoms with Gasteiger partial charge in [0.1, 0.15) is 5.76 Å². The third kappa shape index (κ3) is 1.000. The quantitative estimate of drug-likeness (QED) is 0.502. The summed E-state index contributed by atoms with van der Waals surface area (Å²) < 4.78 is 4.58. The van der Waals surface area contributed by atoms with Crippen molar-refractivity contribution in [2.75, 3.05) is 0 Å². The van der Waals surface area contributed by atoms with Crippen molar-refractivity contribution in [2.24, 2.45) is 0 Å². The fourth-order valence-corrected chi connectivity index (χ4v) is 0.554. The average Bonchev–Trinajstić information content (AvgIpc) is 2.13. The molecule has 0 saturated carbocycles. The molecule has 1 N–H and O–H groups in total. The molecule has 0 radical (unpaired) electrons. The highest BCUT2D eigenvalue weighted by atomic mass is 16.6. The number of hydrogen-bond acceptors (Lipinski definition) is 3. The van der Waals surface area contributed by atoms with E-state index in [1.165, 1.54) is 12.2 Å². The molecule has 3 heteroatoms. The van der Waals surface area contributed by atoms with Crippen molar-refractivity contribution in [3.63, 3.8) is 0 Å². The normalized spacial score (nSPS) is 32.3. The van der Waals surface area contributed by atoms with Gasteiger partial charge in [-0.1, -0.05) is 6.58 Å². The van der Waals surface area contributed by atoms with Crippen molar-refractivity contribution in [1.29, 1.82) is 0 Å². The van der Waals surface area contributed by atoms with Crippen LogP contribution < -0.4 is 0 Å². The van der Waals surface area contributed by atoms with Crippen LogP contribution in [0.2, 0.25) is 0 Å². The van der Waals surface area contributed by atoms with Gasteiger partial charge in [-0.25, -0.2) is 0 Å². The van der Waals surface area contributed by atoms with E-state index in [1.54, 1.807) is 0 Å². The van der Waals surface area contributed by atoms with E-state index in [9.17, 15) is 4.79 Å². The van der Waals surface area contributed by atoms with Gasteiger partial charge in [0.15, 0.2) is 6.29 Å². The molecule has 1 heterocycles. The first-order valence-electron chi connectivity index (χ1n) is 2.42. The maximum absolute atomic E-state index is 10.0. The summed E-state index contributed by atoms with van der Waals surface area (Å²) >= 11 is 0. The van der Waals surface area contributed by atoms with Crippen LogP contribution in [0.25, 0.3) is 0 Å². The predicted molar refractivity (Wildman–Crippen MR) is 30.4 cm³/mol. The Morgan fingerprint density at radius 2 is 2.56 bits per heavy atom. The van der Waals surface area contributed by atoms with Gasteiger partial charge in [0, 0.05) is 0 Å². The summed E-state index contributed by atoms with van der Waals surface area (Å²) in [5.41, 5.74) is 0. The van der Waals surface area contributed by atoms with Crippen LogP contribution in [-0.4, -0.2) is 17.2 Å². The Kier molecular flexibility index (Phi) is 1.14. The lowest BCUT2D eigenvalue weighted by molar-refractivity contribution is -0.152. The zero-order chi connectivity index (χ0) is 6.91. The Morgan fingerprint density at radius 3 is 2.78 bits per heavy atom. The molecule has 0 saturated heterocycles. The average molecular weight is 126 g/mol. The highest BCUT2D eigenvalue weighted by Gasteiger charge is 2.29. The van der Waals surface area contributed by atoms with Crippen LogP contribution in [0.4, 0.5) is 0 Å². The summed E-state index contributed by atoms with van der Waals surface area (Å²) in [4.78, 5) is 10.0. The number of carbonyl (C=O) groups excluding carboxylic acids is 1. The Balaban J connectivity index is 2.79. The number of aliphatic hydroxyl groups is 1. The Labute approximate surface area is 52.2 Å². The molecule has 0 amide bonds. The highest BCUT2D eigenvalue weighted by molar-refractivity contribution is 5.65. The highest BCUT2D eigenvalue weighted by Crippen LogP contribution is 2.19. The van der Waals surface area contributed by atoms with Crippen molar-refractivity contribution in [3.05, 3.63) is 24.5 Å². The minimum absolute atomic E-state index is 0.296. The maximum Gasteiger partial charge on any atom is 0.285 e. The molecule has 1 unspecified atom stereocenters. The molecule has 1 rings (SSSR count). The van der Waals surface area contributed by atoms with Crippen LogP contribution in [0.5, 0.6) is 0 Å². The van der Waals surface area contributed by atoms with E-state index < -0.39 is 5.79 Å². The van der Waals surface area contributed by atoms with Crippen LogP contribution in [-0.2, 0) is 9.53 Å². The number of carbonyl (C=O) groups is 1. The SMILES string of the molecule is C=C1C=CC(O)(C=O)O1. The van der Waals surface area contributed by atoms with Gasteiger partial charge in [-0.2, -0.15) is 0 Å². The van der Waals surface area contributed by atoms with Gasteiger partial charge in [-0.3, -0.25) is 4.79 Å². The molecule has 48 valence electrons. The molecule has 0 aromatic carbocycles. The minimum atomic E-state index is -1.75. The minimum Gasteiger partial charge on any atom is -0.452 e. The third-order valence-electron chi connectivity index (χ3n) is 0.971. The van der Waals surface area contributed by atoms with E-state index in [4.69, 9.17) is 5.11 Å². The largest absolute Gasteiger partial charge is 0.452 e.